The summed E-state index contributed by atoms with van der Waals surface area (Å²) in [6.07, 6.45) is 7.79. The average Bonchev–Trinajstić information content (AvgIpc) is 2.35. The van der Waals surface area contributed by atoms with Crippen LogP contribution in [0.5, 0.6) is 0 Å². The van der Waals surface area contributed by atoms with Gasteiger partial charge in [-0.25, -0.2) is 4.79 Å². The fraction of sp³-hybridized carbons (Fsp3) is 0.647. The molecule has 0 bridgehead atoms. The van der Waals surface area contributed by atoms with Crippen LogP contribution < -0.4 is 0 Å². The number of hydrogen-bond donors (Lipinski definition) is 0. The highest BCUT2D eigenvalue weighted by Gasteiger charge is 2.09. The van der Waals surface area contributed by atoms with Crippen molar-refractivity contribution in [2.75, 3.05) is 6.61 Å². The number of allylic oxidation sites excluding steroid dienone is 3. The van der Waals surface area contributed by atoms with Crippen molar-refractivity contribution in [3.05, 3.63) is 23.8 Å². The average molecular weight is 280 g/mol. The van der Waals surface area contributed by atoms with Gasteiger partial charge in [0.1, 0.15) is 0 Å². The van der Waals surface area contributed by atoms with Crippen molar-refractivity contribution >= 4 is 11.8 Å². The molecule has 20 heavy (non-hydrogen) atoms. The number of ether oxygens (including phenoxy) is 1. The Morgan fingerprint density at radius 2 is 1.75 bits per heavy atom. The second kappa shape index (κ2) is 10.4. The second-order valence-corrected chi connectivity index (χ2v) is 5.60. The summed E-state index contributed by atoms with van der Waals surface area (Å²) in [7, 11) is 0. The molecular weight excluding hydrogens is 252 g/mol. The molecule has 0 rings (SSSR count). The standard InChI is InChI=1S/C17H28O3/c1-6-20-17(19)12-14(4)10-11-16(18)15(5)9-7-8-13(2)3/h10-13,15H,6-9H2,1-5H3. The van der Waals surface area contributed by atoms with E-state index in [9.17, 15) is 9.59 Å². The molecule has 114 valence electrons. The third kappa shape index (κ3) is 9.54. The highest BCUT2D eigenvalue weighted by Crippen LogP contribution is 2.14. The molecule has 0 saturated carbocycles. The number of carbonyl (C=O) groups is 2. The molecular formula is C17H28O3. The van der Waals surface area contributed by atoms with Gasteiger partial charge in [0.2, 0.25) is 0 Å². The molecule has 3 heteroatoms. The zero-order chi connectivity index (χ0) is 15.5. The lowest BCUT2D eigenvalue weighted by Gasteiger charge is -2.09. The summed E-state index contributed by atoms with van der Waals surface area (Å²) in [6.45, 7) is 10.2. The molecule has 0 heterocycles. The lowest BCUT2D eigenvalue weighted by atomic mass is 9.96. The van der Waals surface area contributed by atoms with Gasteiger partial charge in [0.05, 0.1) is 6.61 Å². The summed E-state index contributed by atoms with van der Waals surface area (Å²) >= 11 is 0. The molecule has 0 radical (unpaired) electrons. The van der Waals surface area contributed by atoms with E-state index in [2.05, 4.69) is 13.8 Å². The molecule has 0 aliphatic rings. The van der Waals surface area contributed by atoms with E-state index in [1.54, 1.807) is 26.0 Å². The van der Waals surface area contributed by atoms with Crippen LogP contribution in [0.3, 0.4) is 0 Å². The molecule has 0 aromatic rings. The maximum Gasteiger partial charge on any atom is 0.330 e. The van der Waals surface area contributed by atoms with Crippen molar-refractivity contribution in [3.8, 4) is 0 Å². The highest BCUT2D eigenvalue weighted by atomic mass is 16.5. The maximum absolute atomic E-state index is 11.9. The van der Waals surface area contributed by atoms with Crippen molar-refractivity contribution < 1.29 is 14.3 Å². The van der Waals surface area contributed by atoms with E-state index in [1.807, 2.05) is 6.92 Å². The zero-order valence-corrected chi connectivity index (χ0v) is 13.4. The van der Waals surface area contributed by atoms with E-state index < -0.39 is 0 Å². The number of esters is 1. The Labute approximate surface area is 123 Å². The van der Waals surface area contributed by atoms with Gasteiger partial charge in [0.25, 0.3) is 0 Å². The molecule has 0 aromatic carbocycles. The minimum atomic E-state index is -0.368. The first kappa shape index (κ1) is 18.6. The summed E-state index contributed by atoms with van der Waals surface area (Å²) < 4.78 is 4.81. The first-order valence-corrected chi connectivity index (χ1v) is 7.43. The van der Waals surface area contributed by atoms with Gasteiger partial charge in [-0.3, -0.25) is 4.79 Å². The van der Waals surface area contributed by atoms with E-state index in [0.29, 0.717) is 12.5 Å². The van der Waals surface area contributed by atoms with Gasteiger partial charge >= 0.3 is 5.97 Å². The van der Waals surface area contributed by atoms with Crippen molar-refractivity contribution in [1.29, 1.82) is 0 Å². The number of ketones is 1. The van der Waals surface area contributed by atoms with Crippen LogP contribution in [0.1, 0.15) is 53.9 Å². The summed E-state index contributed by atoms with van der Waals surface area (Å²) in [4.78, 5) is 23.1. The normalized spacial score (nSPS) is 13.8. The largest absolute Gasteiger partial charge is 0.463 e. The van der Waals surface area contributed by atoms with E-state index in [1.165, 1.54) is 6.08 Å². The van der Waals surface area contributed by atoms with E-state index in [0.717, 1.165) is 24.8 Å². The minimum absolute atomic E-state index is 0.0420. The first-order valence-electron chi connectivity index (χ1n) is 7.43. The Bertz CT molecular complexity index is 364. The molecule has 0 aromatic heterocycles. The summed E-state index contributed by atoms with van der Waals surface area (Å²) in [5.74, 6) is 0.473. The molecule has 0 spiro atoms. The Kier molecular flexibility index (Phi) is 9.69. The van der Waals surface area contributed by atoms with Gasteiger partial charge in [-0.05, 0) is 37.8 Å². The SMILES string of the molecule is CCOC(=O)C=C(C)C=CC(=O)C(C)CCCC(C)C. The predicted octanol–water partition coefficient (Wildman–Crippen LogP) is 4.08. The van der Waals surface area contributed by atoms with Crippen LogP contribution >= 0.6 is 0 Å². The molecule has 3 nitrogen and oxygen atoms in total. The molecule has 0 fully saturated rings. The molecule has 1 unspecified atom stereocenters. The lowest BCUT2D eigenvalue weighted by molar-refractivity contribution is -0.137. The van der Waals surface area contributed by atoms with Crippen molar-refractivity contribution in [3.63, 3.8) is 0 Å². The summed E-state index contributed by atoms with van der Waals surface area (Å²) in [5, 5.41) is 0. The maximum atomic E-state index is 11.9. The Morgan fingerprint density at radius 1 is 1.10 bits per heavy atom. The van der Waals surface area contributed by atoms with Crippen molar-refractivity contribution in [2.45, 2.75) is 53.9 Å². The monoisotopic (exact) mass is 280 g/mol. The van der Waals surface area contributed by atoms with Crippen LogP contribution in [-0.2, 0) is 14.3 Å². The van der Waals surface area contributed by atoms with Gasteiger partial charge in [0, 0.05) is 12.0 Å². The Morgan fingerprint density at radius 3 is 2.30 bits per heavy atom. The zero-order valence-electron chi connectivity index (χ0n) is 13.4. The fourth-order valence-electron chi connectivity index (χ4n) is 1.77. The van der Waals surface area contributed by atoms with Gasteiger partial charge in [-0.2, -0.15) is 0 Å². The molecule has 0 aliphatic heterocycles. The van der Waals surface area contributed by atoms with Crippen molar-refractivity contribution in [2.24, 2.45) is 11.8 Å². The van der Waals surface area contributed by atoms with Crippen LogP contribution in [0.15, 0.2) is 23.8 Å². The minimum Gasteiger partial charge on any atom is -0.463 e. The highest BCUT2D eigenvalue weighted by molar-refractivity contribution is 5.92. The topological polar surface area (TPSA) is 43.4 Å². The van der Waals surface area contributed by atoms with E-state index in [4.69, 9.17) is 4.74 Å². The van der Waals surface area contributed by atoms with Gasteiger partial charge in [-0.1, -0.05) is 39.7 Å². The van der Waals surface area contributed by atoms with Gasteiger partial charge in [0.15, 0.2) is 5.78 Å². The number of hydrogen-bond acceptors (Lipinski definition) is 3. The summed E-state index contributed by atoms with van der Waals surface area (Å²) in [5.41, 5.74) is 0.728. The van der Waals surface area contributed by atoms with Gasteiger partial charge in [-0.15, -0.1) is 0 Å². The van der Waals surface area contributed by atoms with Crippen LogP contribution in [0.2, 0.25) is 0 Å². The van der Waals surface area contributed by atoms with E-state index >= 15 is 0 Å². The molecule has 0 saturated heterocycles. The van der Waals surface area contributed by atoms with Crippen LogP contribution in [0, 0.1) is 11.8 Å². The van der Waals surface area contributed by atoms with Crippen LogP contribution in [-0.4, -0.2) is 18.4 Å². The van der Waals surface area contributed by atoms with Crippen molar-refractivity contribution in [1.82, 2.24) is 0 Å². The quantitative estimate of drug-likeness (QED) is 0.363. The second-order valence-electron chi connectivity index (χ2n) is 5.60. The lowest BCUT2D eigenvalue weighted by Crippen LogP contribution is -2.08. The third-order valence-electron chi connectivity index (χ3n) is 3.05. The third-order valence-corrected chi connectivity index (χ3v) is 3.05. The molecule has 0 aliphatic carbocycles. The number of carbonyl (C=O) groups excluding carboxylic acids is 2. The fourth-order valence-corrected chi connectivity index (χ4v) is 1.77. The molecule has 0 amide bonds. The predicted molar refractivity (Wildman–Crippen MR) is 82.4 cm³/mol. The van der Waals surface area contributed by atoms with Crippen LogP contribution in [0.25, 0.3) is 0 Å². The van der Waals surface area contributed by atoms with Crippen LogP contribution in [0.4, 0.5) is 0 Å². The Hall–Kier alpha value is -1.38. The molecule has 0 N–H and O–H groups in total. The summed E-state index contributed by atoms with van der Waals surface area (Å²) in [6, 6.07) is 0. The van der Waals surface area contributed by atoms with E-state index in [-0.39, 0.29) is 17.7 Å². The van der Waals surface area contributed by atoms with Gasteiger partial charge < -0.3 is 4.74 Å². The smallest absolute Gasteiger partial charge is 0.330 e. The number of rotatable bonds is 9. The molecule has 1 atom stereocenters. The first-order chi connectivity index (χ1) is 9.36. The Balaban J connectivity index is 4.23.